The second-order valence-electron chi connectivity index (χ2n) is 8.80. The van der Waals surface area contributed by atoms with Gasteiger partial charge in [-0.2, -0.15) is 9.78 Å². The summed E-state index contributed by atoms with van der Waals surface area (Å²) in [4.78, 5) is 25.5. The Hall–Kier alpha value is -4.40. The van der Waals surface area contributed by atoms with Crippen LogP contribution in [0.25, 0.3) is 11.3 Å². The normalized spacial score (nSPS) is 13.6. The highest BCUT2D eigenvalue weighted by atomic mass is 19.1. The summed E-state index contributed by atoms with van der Waals surface area (Å²) in [6.45, 7) is 0.148. The van der Waals surface area contributed by atoms with Crippen LogP contribution in [0.2, 0.25) is 0 Å². The van der Waals surface area contributed by atoms with Crippen LogP contribution in [0.4, 0.5) is 14.9 Å². The Morgan fingerprint density at radius 1 is 1.08 bits per heavy atom. The molecule has 8 nitrogen and oxygen atoms in total. The Morgan fingerprint density at radius 3 is 2.67 bits per heavy atom. The molecule has 0 saturated heterocycles. The van der Waals surface area contributed by atoms with Crippen molar-refractivity contribution in [3.63, 3.8) is 0 Å². The fraction of sp³-hybridized carbons (Fsp3) is 0.222. The minimum Gasteiger partial charge on any atom is -0.507 e. The molecule has 4 aromatic rings. The lowest BCUT2D eigenvalue weighted by molar-refractivity contribution is 0.0996. The number of phenolic OH excluding ortho intramolecular Hbond substituents is 1. The molecule has 9 heteroatoms. The van der Waals surface area contributed by atoms with Crippen LogP contribution in [0.5, 0.6) is 5.75 Å². The number of anilines is 1. The lowest BCUT2D eigenvalue weighted by Crippen LogP contribution is -2.30. The maximum Gasteiger partial charge on any atom is 0.342 e. The summed E-state index contributed by atoms with van der Waals surface area (Å²) in [5.74, 6) is -0.508. The lowest BCUT2D eigenvalue weighted by atomic mass is 10.0. The number of hydrogen-bond acceptors (Lipinski definition) is 5. The molecular formula is C27H25FN4O4. The highest BCUT2D eigenvalue weighted by Crippen LogP contribution is 2.38. The first-order valence-electron chi connectivity index (χ1n) is 11.8. The topological polar surface area (TPSA) is 109 Å². The molecule has 1 aliphatic carbocycles. The molecule has 2 amide bonds. The van der Waals surface area contributed by atoms with Crippen molar-refractivity contribution >= 4 is 17.6 Å². The maximum absolute atomic E-state index is 13.5. The zero-order valence-electron chi connectivity index (χ0n) is 19.4. The third-order valence-electron chi connectivity index (χ3n) is 6.31. The monoisotopic (exact) mass is 488 g/mol. The van der Waals surface area contributed by atoms with Crippen LogP contribution in [-0.2, 0) is 6.54 Å². The minimum atomic E-state index is -0.436. The Balaban J connectivity index is 1.43. The predicted octanol–water partition coefficient (Wildman–Crippen LogP) is 5.66. The fourth-order valence-electron chi connectivity index (χ4n) is 4.52. The van der Waals surface area contributed by atoms with E-state index in [4.69, 9.17) is 4.42 Å². The number of benzene rings is 2. The van der Waals surface area contributed by atoms with Gasteiger partial charge in [0.2, 0.25) is 0 Å². The van der Waals surface area contributed by atoms with Gasteiger partial charge in [0.05, 0.1) is 17.7 Å². The van der Waals surface area contributed by atoms with Crippen LogP contribution < -0.4 is 10.6 Å². The van der Waals surface area contributed by atoms with Crippen LogP contribution in [0.3, 0.4) is 0 Å². The van der Waals surface area contributed by atoms with Gasteiger partial charge in [0.1, 0.15) is 11.6 Å². The number of carbonyl (C=O) groups is 2. The third-order valence-corrected chi connectivity index (χ3v) is 6.31. The summed E-state index contributed by atoms with van der Waals surface area (Å²) in [6, 6.07) is 15.2. The zero-order valence-corrected chi connectivity index (χ0v) is 19.4. The van der Waals surface area contributed by atoms with E-state index in [-0.39, 0.29) is 29.8 Å². The van der Waals surface area contributed by atoms with E-state index in [0.717, 1.165) is 31.4 Å². The smallest absolute Gasteiger partial charge is 0.342 e. The molecule has 0 spiro atoms. The number of aromatic nitrogens is 2. The number of nitrogens with one attached hydrogen (secondary N) is 2. The van der Waals surface area contributed by atoms with Crippen molar-refractivity contribution in [1.29, 1.82) is 0 Å². The standard InChI is InChI=1S/C27H25FN4O4/c28-19-8-3-5-17(13-19)16-29-27(35)32-23(18-6-1-2-7-18)15-22(31-32)21-14-20(10-11-24(21)33)30-26(34)25-9-4-12-36-25/h3-5,8-15,18,33H,1-2,6-7,16H2,(H,29,35)(H,30,34). The quantitative estimate of drug-likeness (QED) is 0.304. The molecule has 0 atom stereocenters. The number of hydrogen-bond donors (Lipinski definition) is 3. The van der Waals surface area contributed by atoms with E-state index in [2.05, 4.69) is 15.7 Å². The molecule has 1 fully saturated rings. The van der Waals surface area contributed by atoms with Gasteiger partial charge in [0, 0.05) is 23.7 Å². The summed E-state index contributed by atoms with van der Waals surface area (Å²) < 4.78 is 20.0. The summed E-state index contributed by atoms with van der Waals surface area (Å²) in [5.41, 5.74) is 2.61. The third kappa shape index (κ3) is 5.00. The largest absolute Gasteiger partial charge is 0.507 e. The van der Waals surface area contributed by atoms with Crippen LogP contribution >= 0.6 is 0 Å². The molecule has 0 unspecified atom stereocenters. The van der Waals surface area contributed by atoms with Gasteiger partial charge < -0.3 is 20.2 Å². The molecule has 36 heavy (non-hydrogen) atoms. The lowest BCUT2D eigenvalue weighted by Gasteiger charge is -2.12. The van der Waals surface area contributed by atoms with E-state index >= 15 is 0 Å². The van der Waals surface area contributed by atoms with Crippen LogP contribution in [0.15, 0.2) is 71.3 Å². The molecule has 184 valence electrons. The summed E-state index contributed by atoms with van der Waals surface area (Å²) in [5, 5.41) is 20.6. The summed E-state index contributed by atoms with van der Waals surface area (Å²) in [6.07, 6.45) is 5.42. The van der Waals surface area contributed by atoms with Gasteiger partial charge in [0.25, 0.3) is 5.91 Å². The van der Waals surface area contributed by atoms with E-state index in [1.165, 1.54) is 29.1 Å². The van der Waals surface area contributed by atoms with Gasteiger partial charge in [-0.05, 0) is 66.9 Å². The molecule has 0 bridgehead atoms. The van der Waals surface area contributed by atoms with Crippen molar-refractivity contribution in [2.24, 2.45) is 0 Å². The van der Waals surface area contributed by atoms with Crippen LogP contribution in [0, 0.1) is 5.82 Å². The van der Waals surface area contributed by atoms with Crippen LogP contribution in [-0.4, -0.2) is 26.8 Å². The second-order valence-corrected chi connectivity index (χ2v) is 8.80. The number of rotatable bonds is 6. The first-order chi connectivity index (χ1) is 17.5. The first-order valence-corrected chi connectivity index (χ1v) is 11.8. The molecule has 0 radical (unpaired) electrons. The molecule has 5 rings (SSSR count). The second kappa shape index (κ2) is 10.1. The number of furan rings is 1. The number of amides is 2. The van der Waals surface area contributed by atoms with E-state index in [1.54, 1.807) is 36.4 Å². The number of halogens is 1. The number of nitrogens with zero attached hydrogens (tertiary/aromatic N) is 2. The van der Waals surface area contributed by atoms with Gasteiger partial charge in [-0.1, -0.05) is 25.0 Å². The molecule has 2 heterocycles. The highest BCUT2D eigenvalue weighted by molar-refractivity contribution is 6.02. The first kappa shape index (κ1) is 23.3. The van der Waals surface area contributed by atoms with E-state index < -0.39 is 11.9 Å². The predicted molar refractivity (Wildman–Crippen MR) is 131 cm³/mol. The highest BCUT2D eigenvalue weighted by Gasteiger charge is 2.26. The van der Waals surface area contributed by atoms with Gasteiger partial charge in [-0.15, -0.1) is 0 Å². The summed E-state index contributed by atoms with van der Waals surface area (Å²) in [7, 11) is 0. The van der Waals surface area contributed by atoms with Crippen molar-refractivity contribution in [2.75, 3.05) is 5.32 Å². The van der Waals surface area contributed by atoms with Gasteiger partial charge in [-0.25, -0.2) is 9.18 Å². The number of carbonyl (C=O) groups excluding carboxylic acids is 2. The Kier molecular flexibility index (Phi) is 6.53. The van der Waals surface area contributed by atoms with Crippen molar-refractivity contribution in [3.8, 4) is 17.0 Å². The molecule has 2 aromatic heterocycles. The maximum atomic E-state index is 13.5. The van der Waals surface area contributed by atoms with Crippen molar-refractivity contribution in [2.45, 2.75) is 38.1 Å². The SMILES string of the molecule is O=C(Nc1ccc(O)c(-c2cc(C3CCCC3)n(C(=O)NCc3cccc(F)c3)n2)c1)c1ccco1. The van der Waals surface area contributed by atoms with Gasteiger partial charge in [0.15, 0.2) is 5.76 Å². The van der Waals surface area contributed by atoms with Gasteiger partial charge in [-0.3, -0.25) is 4.79 Å². The number of phenols is 1. The molecule has 1 aliphatic rings. The molecule has 0 aliphatic heterocycles. The molecular weight excluding hydrogens is 463 g/mol. The average Bonchev–Trinajstić information content (AvgIpc) is 3.65. The summed E-state index contributed by atoms with van der Waals surface area (Å²) >= 11 is 0. The number of aromatic hydroxyl groups is 1. The van der Waals surface area contributed by atoms with Crippen molar-refractivity contribution < 1.29 is 23.5 Å². The molecule has 3 N–H and O–H groups in total. The van der Waals surface area contributed by atoms with Crippen molar-refractivity contribution in [3.05, 3.63) is 89.8 Å². The Bertz CT molecular complexity index is 1390. The van der Waals surface area contributed by atoms with Gasteiger partial charge >= 0.3 is 6.03 Å². The van der Waals surface area contributed by atoms with Crippen molar-refractivity contribution in [1.82, 2.24) is 15.1 Å². The molecule has 2 aromatic carbocycles. The Morgan fingerprint density at radius 2 is 1.92 bits per heavy atom. The van der Waals surface area contributed by atoms with E-state index in [9.17, 15) is 19.1 Å². The zero-order chi connectivity index (χ0) is 25.1. The van der Waals surface area contributed by atoms with E-state index in [0.29, 0.717) is 22.5 Å². The minimum absolute atomic E-state index is 0.0335. The Labute approximate surface area is 206 Å². The van der Waals surface area contributed by atoms with E-state index in [1.807, 2.05) is 6.07 Å². The molecule has 1 saturated carbocycles. The average molecular weight is 489 g/mol. The van der Waals surface area contributed by atoms with Crippen LogP contribution in [0.1, 0.15) is 53.4 Å². The fourth-order valence-corrected chi connectivity index (χ4v) is 4.52.